The van der Waals surface area contributed by atoms with Gasteiger partial charge in [0.15, 0.2) is 0 Å². The lowest BCUT2D eigenvalue weighted by Crippen LogP contribution is -1.96. The van der Waals surface area contributed by atoms with Crippen LogP contribution in [0.25, 0.3) is 11.3 Å². The number of ether oxygens (including phenoxy) is 2. The lowest BCUT2D eigenvalue weighted by molar-refractivity contribution is 0.0690. The van der Waals surface area contributed by atoms with Crippen LogP contribution < -0.4 is 9.47 Å². The first kappa shape index (κ1) is 14.2. The fourth-order valence-corrected chi connectivity index (χ4v) is 2.35. The molecule has 0 saturated carbocycles. The second-order valence-electron chi connectivity index (χ2n) is 4.09. The summed E-state index contributed by atoms with van der Waals surface area (Å²) >= 11 is 6.32. The summed E-state index contributed by atoms with van der Waals surface area (Å²) in [6.45, 7) is 1.84. The van der Waals surface area contributed by atoms with Gasteiger partial charge in [0.1, 0.15) is 17.2 Å². The molecule has 1 aromatic heterocycles. The second-order valence-corrected chi connectivity index (χ2v) is 4.47. The number of aromatic carboxylic acids is 1. The summed E-state index contributed by atoms with van der Waals surface area (Å²) in [6, 6.07) is 3.15. The highest BCUT2D eigenvalue weighted by Crippen LogP contribution is 2.43. The third-order valence-corrected chi connectivity index (χ3v) is 3.22. The minimum atomic E-state index is -1.10. The molecule has 1 aromatic carbocycles. The van der Waals surface area contributed by atoms with Crippen LogP contribution in [0.5, 0.6) is 11.5 Å². The summed E-state index contributed by atoms with van der Waals surface area (Å²) in [5.74, 6) is -0.100. The first-order chi connectivity index (χ1) is 9.49. The number of rotatable bonds is 4. The van der Waals surface area contributed by atoms with Gasteiger partial charge in [-0.1, -0.05) is 11.6 Å². The Kier molecular flexibility index (Phi) is 3.85. The van der Waals surface area contributed by atoms with Crippen molar-refractivity contribution in [2.75, 3.05) is 14.2 Å². The van der Waals surface area contributed by atoms with Crippen molar-refractivity contribution in [1.29, 1.82) is 0 Å². The number of carboxylic acid groups (broad SMARTS) is 1. The molecular formula is C13H13ClN2O4. The molecule has 7 heteroatoms. The van der Waals surface area contributed by atoms with Gasteiger partial charge >= 0.3 is 5.97 Å². The van der Waals surface area contributed by atoms with Crippen molar-refractivity contribution in [3.63, 3.8) is 0 Å². The van der Waals surface area contributed by atoms with Crippen LogP contribution >= 0.6 is 11.6 Å². The number of carbonyl (C=O) groups is 1. The predicted octanol–water partition coefficient (Wildman–Crippen LogP) is 2.75. The lowest BCUT2D eigenvalue weighted by Gasteiger charge is -2.14. The van der Waals surface area contributed by atoms with E-state index in [1.807, 2.05) is 6.92 Å². The summed E-state index contributed by atoms with van der Waals surface area (Å²) in [7, 11) is 3.02. The van der Waals surface area contributed by atoms with Crippen LogP contribution in [0.15, 0.2) is 12.1 Å². The van der Waals surface area contributed by atoms with E-state index < -0.39 is 5.97 Å². The van der Waals surface area contributed by atoms with E-state index in [0.29, 0.717) is 27.8 Å². The molecule has 0 aliphatic carbocycles. The van der Waals surface area contributed by atoms with Gasteiger partial charge in [0.05, 0.1) is 30.5 Å². The number of nitrogens with one attached hydrogen (secondary N) is 1. The minimum Gasteiger partial charge on any atom is -0.496 e. The van der Waals surface area contributed by atoms with E-state index in [4.69, 9.17) is 26.2 Å². The van der Waals surface area contributed by atoms with E-state index in [-0.39, 0.29) is 5.69 Å². The van der Waals surface area contributed by atoms with E-state index in [0.717, 1.165) is 5.56 Å². The quantitative estimate of drug-likeness (QED) is 0.906. The fourth-order valence-electron chi connectivity index (χ4n) is 1.94. The normalized spacial score (nSPS) is 10.4. The van der Waals surface area contributed by atoms with Crippen molar-refractivity contribution in [2.24, 2.45) is 0 Å². The first-order valence-electron chi connectivity index (χ1n) is 5.69. The van der Waals surface area contributed by atoms with Gasteiger partial charge in [-0.2, -0.15) is 5.10 Å². The smallest absolute Gasteiger partial charge is 0.353 e. The minimum absolute atomic E-state index is 0.0299. The van der Waals surface area contributed by atoms with Gasteiger partial charge in [-0.3, -0.25) is 5.10 Å². The Morgan fingerprint density at radius 1 is 1.35 bits per heavy atom. The van der Waals surface area contributed by atoms with Gasteiger partial charge in [-0.05, 0) is 24.6 Å². The topological polar surface area (TPSA) is 84.4 Å². The number of aromatic nitrogens is 2. The molecule has 1 heterocycles. The van der Waals surface area contributed by atoms with E-state index in [1.165, 1.54) is 20.3 Å². The molecular weight excluding hydrogens is 284 g/mol. The summed E-state index contributed by atoms with van der Waals surface area (Å²) < 4.78 is 10.5. The van der Waals surface area contributed by atoms with Crippen LogP contribution in [0.4, 0.5) is 0 Å². The number of hydrogen-bond acceptors (Lipinski definition) is 4. The number of hydrogen-bond donors (Lipinski definition) is 2. The predicted molar refractivity (Wildman–Crippen MR) is 73.8 cm³/mol. The first-order valence-corrected chi connectivity index (χ1v) is 6.07. The maximum atomic E-state index is 10.9. The van der Waals surface area contributed by atoms with E-state index in [1.54, 1.807) is 6.07 Å². The largest absolute Gasteiger partial charge is 0.496 e. The second kappa shape index (κ2) is 5.42. The van der Waals surface area contributed by atoms with E-state index in [2.05, 4.69) is 10.2 Å². The van der Waals surface area contributed by atoms with Crippen molar-refractivity contribution >= 4 is 17.6 Å². The van der Waals surface area contributed by atoms with Crippen LogP contribution in [0.1, 0.15) is 16.1 Å². The molecule has 6 nitrogen and oxygen atoms in total. The molecule has 20 heavy (non-hydrogen) atoms. The number of benzene rings is 1. The molecule has 0 unspecified atom stereocenters. The number of aryl methyl sites for hydroxylation is 1. The van der Waals surface area contributed by atoms with Crippen molar-refractivity contribution < 1.29 is 19.4 Å². The average Bonchev–Trinajstić information content (AvgIpc) is 2.87. The van der Waals surface area contributed by atoms with Gasteiger partial charge in [0.25, 0.3) is 0 Å². The highest BCUT2D eigenvalue weighted by Gasteiger charge is 2.21. The zero-order chi connectivity index (χ0) is 14.9. The third kappa shape index (κ3) is 2.30. The van der Waals surface area contributed by atoms with Gasteiger partial charge in [0, 0.05) is 0 Å². The van der Waals surface area contributed by atoms with E-state index in [9.17, 15) is 4.79 Å². The summed E-state index contributed by atoms with van der Waals surface area (Å²) in [6.07, 6.45) is 0. The Bertz CT molecular complexity index is 667. The molecule has 2 rings (SSSR count). The average molecular weight is 297 g/mol. The summed E-state index contributed by atoms with van der Waals surface area (Å²) in [5, 5.41) is 15.6. The van der Waals surface area contributed by atoms with Crippen LogP contribution in [-0.2, 0) is 0 Å². The van der Waals surface area contributed by atoms with Crippen molar-refractivity contribution in [2.45, 2.75) is 6.92 Å². The SMILES string of the molecule is COc1cc(C)c(OC)c(Cl)c1-c1cc(C(=O)O)[nH]n1. The zero-order valence-corrected chi connectivity index (χ0v) is 11.9. The number of halogens is 1. The molecule has 0 saturated heterocycles. The fraction of sp³-hybridized carbons (Fsp3) is 0.231. The van der Waals surface area contributed by atoms with Gasteiger partial charge in [-0.25, -0.2) is 4.79 Å². The molecule has 0 radical (unpaired) electrons. The van der Waals surface area contributed by atoms with Crippen LogP contribution in [0.3, 0.4) is 0 Å². The Labute approximate surface area is 120 Å². The summed E-state index contributed by atoms with van der Waals surface area (Å²) in [5.41, 5.74) is 1.65. The number of H-pyrrole nitrogens is 1. The maximum absolute atomic E-state index is 10.9. The lowest BCUT2D eigenvalue weighted by atomic mass is 10.1. The Hall–Kier alpha value is -2.21. The zero-order valence-electron chi connectivity index (χ0n) is 11.2. The molecule has 0 atom stereocenters. The highest BCUT2D eigenvalue weighted by molar-refractivity contribution is 6.35. The maximum Gasteiger partial charge on any atom is 0.353 e. The molecule has 106 valence electrons. The van der Waals surface area contributed by atoms with E-state index >= 15 is 0 Å². The number of methoxy groups -OCH3 is 2. The Morgan fingerprint density at radius 3 is 2.55 bits per heavy atom. The van der Waals surface area contributed by atoms with Gasteiger partial charge < -0.3 is 14.6 Å². The van der Waals surface area contributed by atoms with Gasteiger partial charge in [0.2, 0.25) is 0 Å². The van der Waals surface area contributed by atoms with Gasteiger partial charge in [-0.15, -0.1) is 0 Å². The highest BCUT2D eigenvalue weighted by atomic mass is 35.5. The Morgan fingerprint density at radius 2 is 2.05 bits per heavy atom. The number of aromatic amines is 1. The number of carboxylic acids is 1. The van der Waals surface area contributed by atoms with Crippen LogP contribution in [0, 0.1) is 6.92 Å². The molecule has 2 aromatic rings. The van der Waals surface area contributed by atoms with Crippen molar-refractivity contribution in [1.82, 2.24) is 10.2 Å². The van der Waals surface area contributed by atoms with Crippen LogP contribution in [0.2, 0.25) is 5.02 Å². The summed E-state index contributed by atoms with van der Waals surface area (Å²) in [4.78, 5) is 10.9. The molecule has 0 amide bonds. The monoisotopic (exact) mass is 296 g/mol. The molecule has 0 spiro atoms. The third-order valence-electron chi connectivity index (χ3n) is 2.86. The molecule has 2 N–H and O–H groups in total. The molecule has 0 aliphatic heterocycles. The van der Waals surface area contributed by atoms with Crippen molar-refractivity contribution in [3.8, 4) is 22.8 Å². The van der Waals surface area contributed by atoms with Crippen LogP contribution in [-0.4, -0.2) is 35.5 Å². The Balaban J connectivity index is 2.67. The van der Waals surface area contributed by atoms with Crippen molar-refractivity contribution in [3.05, 3.63) is 28.4 Å². The molecule has 0 fully saturated rings. The molecule has 0 bridgehead atoms. The molecule has 0 aliphatic rings. The standard InChI is InChI=1S/C13H13ClN2O4/c1-6-4-9(19-2)10(11(14)12(6)20-3)7-5-8(13(17)18)16-15-7/h4-5H,1-3H3,(H,15,16)(H,17,18). The number of nitrogens with zero attached hydrogens (tertiary/aromatic N) is 1.